The standard InChI is InChI=1S/C14H25BrO5/c1-13(2,3)19-11(17)7-6-10-12(9(16)8-15)20-14(4,5)18-10/h9-10,12,16H,6-8H2,1-5H3/t9-,10+,12-/m1/s1. The Morgan fingerprint density at radius 1 is 1.40 bits per heavy atom. The van der Waals surface area contributed by atoms with Crippen LogP contribution in [0.15, 0.2) is 0 Å². The molecule has 1 rings (SSSR count). The highest BCUT2D eigenvalue weighted by Crippen LogP contribution is 2.32. The summed E-state index contributed by atoms with van der Waals surface area (Å²) in [7, 11) is 0. The molecule has 0 amide bonds. The Balaban J connectivity index is 2.54. The molecule has 0 aromatic rings. The average Bonchev–Trinajstić information content (AvgIpc) is 2.59. The van der Waals surface area contributed by atoms with Gasteiger partial charge in [0.2, 0.25) is 0 Å². The highest BCUT2D eigenvalue weighted by Gasteiger charge is 2.44. The predicted octanol–water partition coefficient (Wildman–Crippen LogP) is 2.38. The Hall–Kier alpha value is -0.170. The van der Waals surface area contributed by atoms with Crippen molar-refractivity contribution < 1.29 is 24.1 Å². The highest BCUT2D eigenvalue weighted by atomic mass is 79.9. The largest absolute Gasteiger partial charge is 0.460 e. The monoisotopic (exact) mass is 352 g/mol. The lowest BCUT2D eigenvalue weighted by molar-refractivity contribution is -0.159. The molecule has 0 unspecified atom stereocenters. The smallest absolute Gasteiger partial charge is 0.306 e. The van der Waals surface area contributed by atoms with E-state index in [0.29, 0.717) is 11.8 Å². The van der Waals surface area contributed by atoms with Gasteiger partial charge in [0.1, 0.15) is 11.7 Å². The first-order valence-electron chi connectivity index (χ1n) is 6.85. The summed E-state index contributed by atoms with van der Waals surface area (Å²) in [6.07, 6.45) is -0.711. The van der Waals surface area contributed by atoms with Crippen LogP contribution in [0.2, 0.25) is 0 Å². The molecule has 3 atom stereocenters. The minimum atomic E-state index is -0.744. The number of rotatable bonds is 5. The average molecular weight is 353 g/mol. The Bertz CT molecular complexity index is 337. The first-order valence-corrected chi connectivity index (χ1v) is 7.98. The number of aliphatic hydroxyl groups excluding tert-OH is 1. The Morgan fingerprint density at radius 2 is 2.00 bits per heavy atom. The summed E-state index contributed by atoms with van der Waals surface area (Å²) in [6.45, 7) is 9.10. The number of ether oxygens (including phenoxy) is 3. The van der Waals surface area contributed by atoms with E-state index in [1.165, 1.54) is 0 Å². The molecular weight excluding hydrogens is 328 g/mol. The third-order valence-electron chi connectivity index (χ3n) is 2.81. The highest BCUT2D eigenvalue weighted by molar-refractivity contribution is 9.09. The van der Waals surface area contributed by atoms with Gasteiger partial charge in [0.25, 0.3) is 0 Å². The Kier molecular flexibility index (Phi) is 6.01. The van der Waals surface area contributed by atoms with Crippen LogP contribution in [0.4, 0.5) is 0 Å². The molecule has 1 aliphatic rings. The van der Waals surface area contributed by atoms with Gasteiger partial charge >= 0.3 is 5.97 Å². The number of hydrogen-bond donors (Lipinski definition) is 1. The van der Waals surface area contributed by atoms with Gasteiger partial charge in [0.05, 0.1) is 12.2 Å². The molecule has 1 N–H and O–H groups in total. The van der Waals surface area contributed by atoms with E-state index in [2.05, 4.69) is 15.9 Å². The fraction of sp³-hybridized carbons (Fsp3) is 0.929. The maximum atomic E-state index is 11.7. The van der Waals surface area contributed by atoms with Crippen molar-refractivity contribution in [1.82, 2.24) is 0 Å². The zero-order chi connectivity index (χ0) is 15.6. The van der Waals surface area contributed by atoms with Gasteiger partial charge in [-0.05, 0) is 41.0 Å². The molecule has 0 radical (unpaired) electrons. The zero-order valence-corrected chi connectivity index (χ0v) is 14.4. The topological polar surface area (TPSA) is 65.0 Å². The van der Waals surface area contributed by atoms with Crippen molar-refractivity contribution in [1.29, 1.82) is 0 Å². The van der Waals surface area contributed by atoms with Crippen LogP contribution in [0.3, 0.4) is 0 Å². The van der Waals surface area contributed by atoms with Gasteiger partial charge in [-0.1, -0.05) is 15.9 Å². The summed E-state index contributed by atoms with van der Waals surface area (Å²) < 4.78 is 16.7. The predicted molar refractivity (Wildman–Crippen MR) is 78.7 cm³/mol. The van der Waals surface area contributed by atoms with Gasteiger partial charge in [-0.15, -0.1) is 0 Å². The number of carbonyl (C=O) groups is 1. The van der Waals surface area contributed by atoms with Gasteiger partial charge in [0.15, 0.2) is 5.79 Å². The molecule has 6 heteroatoms. The van der Waals surface area contributed by atoms with Crippen LogP contribution in [-0.2, 0) is 19.0 Å². The van der Waals surface area contributed by atoms with Crippen molar-refractivity contribution in [2.45, 2.75) is 77.2 Å². The minimum absolute atomic E-state index is 0.243. The van der Waals surface area contributed by atoms with Gasteiger partial charge in [-0.25, -0.2) is 0 Å². The van der Waals surface area contributed by atoms with Crippen LogP contribution in [0.25, 0.3) is 0 Å². The number of esters is 1. The number of alkyl halides is 1. The van der Waals surface area contributed by atoms with Crippen molar-refractivity contribution in [2.75, 3.05) is 5.33 Å². The molecule has 5 nitrogen and oxygen atoms in total. The van der Waals surface area contributed by atoms with Gasteiger partial charge in [0, 0.05) is 11.8 Å². The normalized spacial score (nSPS) is 27.4. The van der Waals surface area contributed by atoms with Crippen LogP contribution in [0.5, 0.6) is 0 Å². The zero-order valence-electron chi connectivity index (χ0n) is 12.8. The molecule has 0 aliphatic carbocycles. The first-order chi connectivity index (χ1) is 9.04. The molecule has 1 fully saturated rings. The van der Waals surface area contributed by atoms with Gasteiger partial charge in [-0.2, -0.15) is 0 Å². The Morgan fingerprint density at radius 3 is 2.50 bits per heavy atom. The van der Waals surface area contributed by atoms with E-state index < -0.39 is 23.6 Å². The van der Waals surface area contributed by atoms with E-state index in [0.717, 1.165) is 0 Å². The van der Waals surface area contributed by atoms with Gasteiger partial charge < -0.3 is 19.3 Å². The van der Waals surface area contributed by atoms with Crippen LogP contribution in [0.1, 0.15) is 47.5 Å². The summed E-state index contributed by atoms with van der Waals surface area (Å²) in [5, 5.41) is 10.3. The minimum Gasteiger partial charge on any atom is -0.460 e. The third kappa shape index (κ3) is 5.68. The molecule has 20 heavy (non-hydrogen) atoms. The number of hydrogen-bond acceptors (Lipinski definition) is 5. The van der Waals surface area contributed by atoms with Crippen LogP contribution in [0, 0.1) is 0 Å². The lowest BCUT2D eigenvalue weighted by atomic mass is 10.0. The molecule has 0 bridgehead atoms. The lowest BCUT2D eigenvalue weighted by Gasteiger charge is -2.22. The summed E-state index contributed by atoms with van der Waals surface area (Å²) in [6, 6.07) is 0. The third-order valence-corrected chi connectivity index (χ3v) is 3.48. The SMILES string of the molecule is CC(C)(C)OC(=O)CC[C@@H]1OC(C)(C)O[C@@H]1[C@H](O)CBr. The molecular formula is C14H25BrO5. The number of aliphatic hydroxyl groups is 1. The van der Waals surface area contributed by atoms with Crippen LogP contribution >= 0.6 is 15.9 Å². The summed E-state index contributed by atoms with van der Waals surface area (Å²) in [5.74, 6) is -1.01. The second kappa shape index (κ2) is 6.73. The van der Waals surface area contributed by atoms with E-state index in [4.69, 9.17) is 14.2 Å². The first kappa shape index (κ1) is 17.9. The van der Waals surface area contributed by atoms with E-state index in [-0.39, 0.29) is 18.5 Å². The Labute approximate surface area is 129 Å². The molecule has 0 aromatic heterocycles. The molecule has 118 valence electrons. The van der Waals surface area contributed by atoms with Crippen LogP contribution < -0.4 is 0 Å². The van der Waals surface area contributed by atoms with E-state index in [9.17, 15) is 9.90 Å². The summed E-state index contributed by atoms with van der Waals surface area (Å²) in [5.41, 5.74) is -0.488. The lowest BCUT2D eigenvalue weighted by Crippen LogP contribution is -2.37. The number of carbonyl (C=O) groups excluding carboxylic acids is 1. The maximum Gasteiger partial charge on any atom is 0.306 e. The van der Waals surface area contributed by atoms with Gasteiger partial charge in [-0.3, -0.25) is 4.79 Å². The van der Waals surface area contributed by atoms with Crippen molar-refractivity contribution in [3.8, 4) is 0 Å². The summed E-state index contributed by atoms with van der Waals surface area (Å²) in [4.78, 5) is 11.7. The number of halogens is 1. The molecule has 1 saturated heterocycles. The van der Waals surface area contributed by atoms with Crippen molar-refractivity contribution >= 4 is 21.9 Å². The fourth-order valence-electron chi connectivity index (χ4n) is 2.15. The summed E-state index contributed by atoms with van der Waals surface area (Å²) >= 11 is 3.23. The van der Waals surface area contributed by atoms with Crippen molar-refractivity contribution in [2.24, 2.45) is 0 Å². The van der Waals surface area contributed by atoms with E-state index >= 15 is 0 Å². The van der Waals surface area contributed by atoms with E-state index in [1.54, 1.807) is 13.8 Å². The molecule has 1 heterocycles. The molecule has 0 aromatic carbocycles. The second-order valence-corrected chi connectivity index (χ2v) is 7.13. The second-order valence-electron chi connectivity index (χ2n) is 6.49. The maximum absolute atomic E-state index is 11.7. The van der Waals surface area contributed by atoms with Crippen molar-refractivity contribution in [3.05, 3.63) is 0 Å². The molecule has 0 saturated carbocycles. The van der Waals surface area contributed by atoms with E-state index in [1.807, 2.05) is 20.8 Å². The molecule has 1 aliphatic heterocycles. The van der Waals surface area contributed by atoms with Crippen LogP contribution in [-0.4, -0.2) is 46.1 Å². The van der Waals surface area contributed by atoms with Crippen molar-refractivity contribution in [3.63, 3.8) is 0 Å². The quantitative estimate of drug-likeness (QED) is 0.607. The molecule has 0 spiro atoms. The fourth-order valence-corrected chi connectivity index (χ4v) is 2.52.